The molecule has 2 aromatic rings. The van der Waals surface area contributed by atoms with Crippen molar-refractivity contribution in [3.63, 3.8) is 0 Å². The Bertz CT molecular complexity index is 879. The average molecular weight is 490 g/mol. The number of rotatable bonds is 7. The number of benzene rings is 1. The highest BCUT2D eigenvalue weighted by molar-refractivity contribution is 7.99. The molecule has 4 rings (SSSR count). The second kappa shape index (κ2) is 9.99. The molecule has 0 amide bonds. The van der Waals surface area contributed by atoms with Gasteiger partial charge < -0.3 is 10.1 Å². The van der Waals surface area contributed by atoms with E-state index in [1.54, 1.807) is 6.07 Å². The van der Waals surface area contributed by atoms with Crippen molar-refractivity contribution in [1.82, 2.24) is 20.0 Å². The van der Waals surface area contributed by atoms with Gasteiger partial charge in [-0.1, -0.05) is 40.9 Å². The Balaban J connectivity index is 1.42. The van der Waals surface area contributed by atoms with Gasteiger partial charge in [-0.15, -0.1) is 0 Å². The van der Waals surface area contributed by atoms with Crippen LogP contribution in [0.1, 0.15) is 23.2 Å². The number of hydrogen-bond acceptors (Lipinski definition) is 5. The molecule has 1 N–H and O–H groups in total. The van der Waals surface area contributed by atoms with E-state index >= 15 is 0 Å². The van der Waals surface area contributed by atoms with Gasteiger partial charge in [-0.2, -0.15) is 16.9 Å². The van der Waals surface area contributed by atoms with E-state index in [-0.39, 0.29) is 5.54 Å². The zero-order chi connectivity index (χ0) is 21.1. The SMILES string of the molecule is Cc1nn(Cc2ccc(Cl)cc2Cl)c(Cl)c1CNCC1(N2CCOCC2)CCSC1. The zero-order valence-corrected chi connectivity index (χ0v) is 20.2. The number of halogens is 3. The van der Waals surface area contributed by atoms with Gasteiger partial charge in [-0.3, -0.25) is 4.90 Å². The summed E-state index contributed by atoms with van der Waals surface area (Å²) in [4.78, 5) is 2.61. The van der Waals surface area contributed by atoms with Crippen LogP contribution in [0.2, 0.25) is 15.2 Å². The van der Waals surface area contributed by atoms with Crippen LogP contribution in [0.15, 0.2) is 18.2 Å². The van der Waals surface area contributed by atoms with Gasteiger partial charge in [0.2, 0.25) is 0 Å². The van der Waals surface area contributed by atoms with Gasteiger partial charge in [-0.25, -0.2) is 4.68 Å². The van der Waals surface area contributed by atoms with Crippen LogP contribution < -0.4 is 5.32 Å². The van der Waals surface area contributed by atoms with E-state index in [1.165, 1.54) is 17.9 Å². The number of ether oxygens (including phenoxy) is 1. The van der Waals surface area contributed by atoms with Crippen molar-refractivity contribution >= 4 is 46.6 Å². The van der Waals surface area contributed by atoms with Crippen LogP contribution in [-0.2, 0) is 17.8 Å². The molecule has 9 heteroatoms. The molecule has 164 valence electrons. The lowest BCUT2D eigenvalue weighted by Gasteiger charge is -2.43. The van der Waals surface area contributed by atoms with E-state index in [2.05, 4.69) is 15.3 Å². The molecular weight excluding hydrogens is 463 g/mol. The first kappa shape index (κ1) is 22.7. The Morgan fingerprint density at radius 2 is 2.03 bits per heavy atom. The largest absolute Gasteiger partial charge is 0.379 e. The number of nitrogens with one attached hydrogen (secondary N) is 1. The molecule has 0 spiro atoms. The van der Waals surface area contributed by atoms with E-state index in [0.29, 0.717) is 28.3 Å². The number of aromatic nitrogens is 2. The smallest absolute Gasteiger partial charge is 0.132 e. The van der Waals surface area contributed by atoms with Gasteiger partial charge >= 0.3 is 0 Å². The predicted octanol–water partition coefficient (Wildman–Crippen LogP) is 4.50. The number of hydrogen-bond donors (Lipinski definition) is 1. The van der Waals surface area contributed by atoms with Gasteiger partial charge in [0.1, 0.15) is 5.15 Å². The van der Waals surface area contributed by atoms with Crippen molar-refractivity contribution in [2.24, 2.45) is 0 Å². The lowest BCUT2D eigenvalue weighted by Crippen LogP contribution is -2.58. The van der Waals surface area contributed by atoms with Crippen LogP contribution in [0.5, 0.6) is 0 Å². The molecule has 2 aliphatic heterocycles. The van der Waals surface area contributed by atoms with Gasteiger partial charge in [0.25, 0.3) is 0 Å². The summed E-state index contributed by atoms with van der Waals surface area (Å²) < 4.78 is 7.37. The van der Waals surface area contributed by atoms with Crippen LogP contribution in [0.4, 0.5) is 0 Å². The van der Waals surface area contributed by atoms with Crippen LogP contribution in [0.3, 0.4) is 0 Å². The van der Waals surface area contributed by atoms with Crippen LogP contribution in [0, 0.1) is 6.92 Å². The summed E-state index contributed by atoms with van der Waals surface area (Å²) in [6.45, 7) is 7.87. The normalized spacial score (nSPS) is 22.7. The fraction of sp³-hybridized carbons (Fsp3) is 0.571. The second-order valence-electron chi connectivity index (χ2n) is 7.98. The maximum Gasteiger partial charge on any atom is 0.132 e. The molecule has 30 heavy (non-hydrogen) atoms. The third-order valence-electron chi connectivity index (χ3n) is 6.04. The molecule has 2 aliphatic rings. The zero-order valence-electron chi connectivity index (χ0n) is 17.1. The van der Waals surface area contributed by atoms with Gasteiger partial charge in [0.15, 0.2) is 0 Å². The fourth-order valence-corrected chi connectivity index (χ4v) is 6.51. The quantitative estimate of drug-likeness (QED) is 0.620. The Labute approximate surface area is 197 Å². The summed E-state index contributed by atoms with van der Waals surface area (Å²) in [5, 5.41) is 10.2. The standard InChI is InChI=1S/C21H27Cl3N4OS/c1-15-18(20(24)28(26-15)12-16-2-3-17(22)10-19(16)23)11-25-13-21(4-9-30-14-21)27-5-7-29-8-6-27/h2-3,10,25H,4-9,11-14H2,1H3. The Hall–Kier alpha value is -0.470. The first-order valence-electron chi connectivity index (χ1n) is 10.3. The van der Waals surface area contributed by atoms with E-state index < -0.39 is 0 Å². The number of nitrogens with zero attached hydrogens (tertiary/aromatic N) is 3. The molecule has 0 radical (unpaired) electrons. The molecular formula is C21H27Cl3N4OS. The third kappa shape index (κ3) is 4.96. The van der Waals surface area contributed by atoms with Gasteiger partial charge in [0.05, 0.1) is 25.5 Å². The van der Waals surface area contributed by atoms with E-state index in [9.17, 15) is 0 Å². The monoisotopic (exact) mass is 488 g/mol. The number of morpholine rings is 1. The molecule has 1 aromatic heterocycles. The van der Waals surface area contributed by atoms with Crippen molar-refractivity contribution in [1.29, 1.82) is 0 Å². The Morgan fingerprint density at radius 1 is 1.23 bits per heavy atom. The van der Waals surface area contributed by atoms with Crippen LogP contribution >= 0.6 is 46.6 Å². The van der Waals surface area contributed by atoms with Crippen LogP contribution in [-0.4, -0.2) is 64.6 Å². The lowest BCUT2D eigenvalue weighted by molar-refractivity contribution is -0.0134. The molecule has 5 nitrogen and oxygen atoms in total. The number of thioether (sulfide) groups is 1. The minimum atomic E-state index is 0.210. The maximum absolute atomic E-state index is 6.70. The summed E-state index contributed by atoms with van der Waals surface area (Å²) in [7, 11) is 0. The van der Waals surface area contributed by atoms with Crippen LogP contribution in [0.25, 0.3) is 0 Å². The van der Waals surface area contributed by atoms with Crippen molar-refractivity contribution in [2.75, 3.05) is 44.4 Å². The van der Waals surface area contributed by atoms with Crippen molar-refractivity contribution < 1.29 is 4.74 Å². The maximum atomic E-state index is 6.70. The van der Waals surface area contributed by atoms with Crippen molar-refractivity contribution in [2.45, 2.75) is 32.0 Å². The summed E-state index contributed by atoms with van der Waals surface area (Å²) in [6.07, 6.45) is 1.21. The average Bonchev–Trinajstić information content (AvgIpc) is 3.32. The molecule has 1 aromatic carbocycles. The second-order valence-corrected chi connectivity index (χ2v) is 10.3. The molecule has 0 saturated carbocycles. The van der Waals surface area contributed by atoms with E-state index in [0.717, 1.165) is 49.7 Å². The lowest BCUT2D eigenvalue weighted by atomic mass is 9.95. The molecule has 1 unspecified atom stereocenters. The third-order valence-corrected chi connectivity index (χ3v) is 8.28. The highest BCUT2D eigenvalue weighted by atomic mass is 35.5. The molecule has 2 saturated heterocycles. The molecule has 2 fully saturated rings. The topological polar surface area (TPSA) is 42.3 Å². The Kier molecular flexibility index (Phi) is 7.56. The van der Waals surface area contributed by atoms with E-state index in [4.69, 9.17) is 39.5 Å². The molecule has 0 aliphatic carbocycles. The first-order valence-corrected chi connectivity index (χ1v) is 12.5. The summed E-state index contributed by atoms with van der Waals surface area (Å²) in [5.41, 5.74) is 3.14. The van der Waals surface area contributed by atoms with Gasteiger partial charge in [0, 0.05) is 53.1 Å². The highest BCUT2D eigenvalue weighted by Crippen LogP contribution is 2.34. The van der Waals surface area contributed by atoms with Crippen molar-refractivity contribution in [3.05, 3.63) is 50.2 Å². The molecule has 1 atom stereocenters. The van der Waals surface area contributed by atoms with Gasteiger partial charge in [-0.05, 0) is 36.8 Å². The molecule has 3 heterocycles. The molecule has 0 bridgehead atoms. The summed E-state index contributed by atoms with van der Waals surface area (Å²) in [5.74, 6) is 2.39. The first-order chi connectivity index (χ1) is 14.5. The minimum Gasteiger partial charge on any atom is -0.379 e. The number of aryl methyl sites for hydroxylation is 1. The summed E-state index contributed by atoms with van der Waals surface area (Å²) >= 11 is 21.1. The fourth-order valence-electron chi connectivity index (χ4n) is 4.26. The van der Waals surface area contributed by atoms with E-state index in [1.807, 2.05) is 35.5 Å². The minimum absolute atomic E-state index is 0.210. The Morgan fingerprint density at radius 3 is 2.73 bits per heavy atom. The van der Waals surface area contributed by atoms with Crippen molar-refractivity contribution in [3.8, 4) is 0 Å². The predicted molar refractivity (Wildman–Crippen MR) is 126 cm³/mol. The highest BCUT2D eigenvalue weighted by Gasteiger charge is 2.40. The summed E-state index contributed by atoms with van der Waals surface area (Å²) in [6, 6.07) is 5.50.